The van der Waals surface area contributed by atoms with Crippen LogP contribution in [0.3, 0.4) is 0 Å². The van der Waals surface area contributed by atoms with Gasteiger partial charge in [-0.25, -0.2) is 0 Å². The first kappa shape index (κ1) is 17.8. The zero-order valence-electron chi connectivity index (χ0n) is 15.7. The van der Waals surface area contributed by atoms with Gasteiger partial charge in [-0.2, -0.15) is 0 Å². The van der Waals surface area contributed by atoms with Crippen molar-refractivity contribution in [3.05, 3.63) is 41.5 Å². The van der Waals surface area contributed by atoms with Gasteiger partial charge in [0.2, 0.25) is 5.91 Å². The van der Waals surface area contributed by atoms with Crippen molar-refractivity contribution in [1.82, 2.24) is 0 Å². The molecule has 0 N–H and O–H groups in total. The first-order chi connectivity index (χ1) is 13.2. The molecular weight excluding hydrogens is 395 g/mol. The Morgan fingerprint density at radius 2 is 2.18 bits per heavy atom. The van der Waals surface area contributed by atoms with Crippen LogP contribution in [0.15, 0.2) is 35.9 Å². The summed E-state index contributed by atoms with van der Waals surface area (Å²) in [6, 6.07) is 10.2. The highest BCUT2D eigenvalue weighted by Gasteiger charge is 2.75. The largest absolute Gasteiger partial charge is 1.00 e. The number of quaternary nitrogens is 1. The van der Waals surface area contributed by atoms with E-state index < -0.39 is 0 Å². The van der Waals surface area contributed by atoms with Crippen molar-refractivity contribution in [2.24, 2.45) is 11.8 Å². The zero-order valence-corrected chi connectivity index (χ0v) is 17.2. The molecule has 1 aliphatic carbocycles. The summed E-state index contributed by atoms with van der Waals surface area (Å²) in [6.07, 6.45) is 5.27. The lowest BCUT2D eigenvalue weighted by molar-refractivity contribution is -0.933. The maximum Gasteiger partial charge on any atom is 0.229 e. The number of hydrogen-bond acceptors (Lipinski definition) is 2. The predicted molar refractivity (Wildman–Crippen MR) is 103 cm³/mol. The molecule has 4 fully saturated rings. The van der Waals surface area contributed by atoms with Crippen LogP contribution < -0.4 is 17.3 Å². The second kappa shape index (κ2) is 5.54. The van der Waals surface area contributed by atoms with Crippen LogP contribution in [0.25, 0.3) is 0 Å². The molecule has 6 aliphatic rings. The summed E-state index contributed by atoms with van der Waals surface area (Å²) in [7, 11) is 0. The number of ether oxygens (including phenoxy) is 1. The number of alkyl halides is 1. The van der Waals surface area contributed by atoms with E-state index in [2.05, 4.69) is 35.2 Å². The van der Waals surface area contributed by atoms with E-state index in [4.69, 9.17) is 16.3 Å². The topological polar surface area (TPSA) is 29.5 Å². The molecule has 148 valence electrons. The number of nitrogens with zero attached hydrogens (tertiary/aromatic N) is 2. The Morgan fingerprint density at radius 3 is 3.04 bits per heavy atom. The molecule has 1 unspecified atom stereocenters. The van der Waals surface area contributed by atoms with E-state index in [1.807, 2.05) is 0 Å². The molecule has 5 heterocycles. The number of fused-ring (bicyclic) bond motifs is 2. The highest BCUT2D eigenvalue weighted by atomic mass is 35.5. The van der Waals surface area contributed by atoms with Gasteiger partial charge in [-0.05, 0) is 23.1 Å². The van der Waals surface area contributed by atoms with Gasteiger partial charge in [0.1, 0.15) is 12.6 Å². The smallest absolute Gasteiger partial charge is 0.229 e. The minimum Gasteiger partial charge on any atom is -1.00 e. The average molecular weight is 419 g/mol. The number of para-hydroxylation sites is 1. The van der Waals surface area contributed by atoms with Crippen LogP contribution in [0, 0.1) is 11.8 Å². The van der Waals surface area contributed by atoms with Gasteiger partial charge < -0.3 is 26.5 Å². The van der Waals surface area contributed by atoms with Crippen LogP contribution in [0.2, 0.25) is 0 Å². The van der Waals surface area contributed by atoms with Crippen molar-refractivity contribution < 1.29 is 26.4 Å². The maximum absolute atomic E-state index is 13.3. The lowest BCUT2D eigenvalue weighted by atomic mass is 9.53. The molecule has 1 amide bonds. The molecular formula is C22H24Cl2N2O2. The fourth-order valence-corrected chi connectivity index (χ4v) is 8.51. The first-order valence-electron chi connectivity index (χ1n) is 10.3. The van der Waals surface area contributed by atoms with Gasteiger partial charge in [0.05, 0.1) is 37.1 Å². The van der Waals surface area contributed by atoms with Crippen molar-refractivity contribution in [2.75, 3.05) is 30.6 Å². The minimum absolute atomic E-state index is 0. The van der Waals surface area contributed by atoms with Gasteiger partial charge in [0, 0.05) is 24.4 Å². The van der Waals surface area contributed by atoms with Crippen LogP contribution in [-0.4, -0.2) is 54.3 Å². The molecule has 1 saturated carbocycles. The number of benzene rings is 1. The van der Waals surface area contributed by atoms with Gasteiger partial charge in [-0.3, -0.25) is 4.79 Å². The summed E-state index contributed by atoms with van der Waals surface area (Å²) >= 11 is 6.68. The van der Waals surface area contributed by atoms with Crippen LogP contribution in [0.4, 0.5) is 5.69 Å². The fraction of sp³-hybridized carbons (Fsp3) is 0.591. The highest BCUT2D eigenvalue weighted by molar-refractivity contribution is 6.17. The molecule has 2 bridgehead atoms. The number of carbonyl (C=O) groups is 1. The standard InChI is InChI=1S/C22H24ClN2O2.ClH/c23-12-25-7-6-22-15-3-1-2-4-16(15)24-19(26)10-17-20(21(22)24)14(9-18(22)25)13(11-25)5-8-27-17;/h1-5,14,17-18,20-21H,6-12H2;1H/q+1;/p-1/t14-,17-,18-,20-,21-,22+,25?;/m0./s1. The Labute approximate surface area is 176 Å². The summed E-state index contributed by atoms with van der Waals surface area (Å²) in [6.45, 7) is 2.86. The van der Waals surface area contributed by atoms with Gasteiger partial charge in [0.15, 0.2) is 6.00 Å². The molecule has 0 radical (unpaired) electrons. The third-order valence-corrected chi connectivity index (χ3v) is 9.42. The van der Waals surface area contributed by atoms with Crippen LogP contribution in [0.1, 0.15) is 24.8 Å². The van der Waals surface area contributed by atoms with Crippen molar-refractivity contribution in [2.45, 2.75) is 42.9 Å². The Balaban J connectivity index is 0.00000156. The van der Waals surface area contributed by atoms with Gasteiger partial charge in [-0.15, -0.1) is 0 Å². The molecule has 28 heavy (non-hydrogen) atoms. The molecule has 5 aliphatic heterocycles. The minimum atomic E-state index is 0. The molecule has 3 saturated heterocycles. The number of piperidine rings is 2. The van der Waals surface area contributed by atoms with E-state index >= 15 is 0 Å². The summed E-state index contributed by atoms with van der Waals surface area (Å²) in [5.41, 5.74) is 4.19. The lowest BCUT2D eigenvalue weighted by Gasteiger charge is -2.60. The predicted octanol–water partition coefficient (Wildman–Crippen LogP) is -0.192. The SMILES string of the molecule is O=C1C[C@@H]2OCC=C3C[N+]4(CCl)CC[C@]56c7ccccc7N1[C@H]5[C@H]2[C@H]3C[C@@H]64.[Cl-]. The number of amides is 1. The monoisotopic (exact) mass is 418 g/mol. The average Bonchev–Trinajstić information content (AvgIpc) is 3.13. The first-order valence-corrected chi connectivity index (χ1v) is 10.9. The van der Waals surface area contributed by atoms with Crippen LogP contribution >= 0.6 is 11.6 Å². The van der Waals surface area contributed by atoms with E-state index in [1.165, 1.54) is 17.7 Å². The molecule has 1 aromatic rings. The van der Waals surface area contributed by atoms with Crippen LogP contribution in [-0.2, 0) is 14.9 Å². The number of rotatable bonds is 1. The molecule has 4 nitrogen and oxygen atoms in total. The van der Waals surface area contributed by atoms with Crippen molar-refractivity contribution in [1.29, 1.82) is 0 Å². The Hall–Kier alpha value is -1.07. The summed E-state index contributed by atoms with van der Waals surface area (Å²) in [4.78, 5) is 15.5. The molecule has 1 spiro atoms. The number of carbonyl (C=O) groups excluding carboxylic acids is 1. The Morgan fingerprint density at radius 1 is 1.32 bits per heavy atom. The zero-order chi connectivity index (χ0) is 18.0. The Kier molecular flexibility index (Phi) is 3.51. The van der Waals surface area contributed by atoms with E-state index in [0.717, 1.165) is 24.0 Å². The summed E-state index contributed by atoms with van der Waals surface area (Å²) in [5.74, 6) is 1.23. The second-order valence-corrected chi connectivity index (χ2v) is 9.77. The van der Waals surface area contributed by atoms with Gasteiger partial charge in [-0.1, -0.05) is 35.9 Å². The summed E-state index contributed by atoms with van der Waals surface area (Å²) in [5, 5.41) is 0. The van der Waals surface area contributed by atoms with Crippen molar-refractivity contribution >= 4 is 23.2 Å². The third-order valence-electron chi connectivity index (χ3n) is 8.95. The number of halogens is 2. The van der Waals surface area contributed by atoms with Gasteiger partial charge in [0.25, 0.3) is 0 Å². The van der Waals surface area contributed by atoms with Crippen LogP contribution in [0.5, 0.6) is 0 Å². The quantitative estimate of drug-likeness (QED) is 0.273. The van der Waals surface area contributed by atoms with E-state index in [9.17, 15) is 4.79 Å². The van der Waals surface area contributed by atoms with E-state index in [-0.39, 0.29) is 35.9 Å². The van der Waals surface area contributed by atoms with E-state index in [1.54, 1.807) is 5.57 Å². The molecule has 7 atom stereocenters. The van der Waals surface area contributed by atoms with Crippen molar-refractivity contribution in [3.63, 3.8) is 0 Å². The Bertz CT molecular complexity index is 920. The normalized spacial score (nSPS) is 46.5. The molecule has 6 heteroatoms. The fourth-order valence-electron chi connectivity index (χ4n) is 8.14. The number of hydrogen-bond donors (Lipinski definition) is 0. The molecule has 1 aromatic carbocycles. The molecule has 0 aromatic heterocycles. The summed E-state index contributed by atoms with van der Waals surface area (Å²) < 4.78 is 7.29. The maximum atomic E-state index is 13.3. The second-order valence-electron chi connectivity index (χ2n) is 9.53. The lowest BCUT2D eigenvalue weighted by Crippen LogP contribution is -3.00. The number of anilines is 1. The van der Waals surface area contributed by atoms with Crippen molar-refractivity contribution in [3.8, 4) is 0 Å². The van der Waals surface area contributed by atoms with Gasteiger partial charge >= 0.3 is 0 Å². The van der Waals surface area contributed by atoms with E-state index in [0.29, 0.717) is 36.9 Å². The third kappa shape index (κ3) is 1.73. The highest BCUT2D eigenvalue weighted by Crippen LogP contribution is 2.67. The molecule has 7 rings (SSSR count).